The lowest BCUT2D eigenvalue weighted by molar-refractivity contribution is 0.0376. The number of benzene rings is 1. The van der Waals surface area contributed by atoms with Gasteiger partial charge in [-0.15, -0.1) is 0 Å². The van der Waals surface area contributed by atoms with Crippen LogP contribution in [0, 0.1) is 11.8 Å². The van der Waals surface area contributed by atoms with Crippen LogP contribution in [0.25, 0.3) is 0 Å². The van der Waals surface area contributed by atoms with Crippen LogP contribution in [-0.2, 0) is 11.3 Å². The third kappa shape index (κ3) is 6.90. The van der Waals surface area contributed by atoms with Gasteiger partial charge in [-0.1, -0.05) is 44.2 Å². The van der Waals surface area contributed by atoms with E-state index < -0.39 is 0 Å². The van der Waals surface area contributed by atoms with E-state index in [9.17, 15) is 4.79 Å². The Kier molecular flexibility index (Phi) is 8.71. The molecule has 0 unspecified atom stereocenters. The molecule has 2 saturated heterocycles. The van der Waals surface area contributed by atoms with E-state index in [2.05, 4.69) is 39.3 Å². The first-order chi connectivity index (χ1) is 16.6. The van der Waals surface area contributed by atoms with Gasteiger partial charge in [-0.25, -0.2) is 4.98 Å². The minimum Gasteiger partial charge on any atom is -0.381 e. The highest BCUT2D eigenvalue weighted by molar-refractivity contribution is 5.98. The van der Waals surface area contributed by atoms with Gasteiger partial charge in [0.2, 0.25) is 5.95 Å². The summed E-state index contributed by atoms with van der Waals surface area (Å²) in [5, 5.41) is 6.37. The first-order valence-electron chi connectivity index (χ1n) is 12.6. The highest BCUT2D eigenvalue weighted by Crippen LogP contribution is 2.20. The highest BCUT2D eigenvalue weighted by atomic mass is 16.5. The third-order valence-corrected chi connectivity index (χ3v) is 6.42. The molecule has 0 saturated carbocycles. The van der Waals surface area contributed by atoms with Crippen molar-refractivity contribution >= 4 is 17.7 Å². The standard InChI is InChI=1S/C26H38N6O2/c1-20(2)15-27-24-23(25(33)28-16-21-7-4-3-5-8-21)17-29-26(30-24)32-12-10-31(11-13-32)18-22-9-6-14-34-19-22/h3-5,7-8,17,20,22H,6,9-16,18-19H2,1-2H3,(H,28,33)(H,27,29,30)/t22-/m1/s1. The minimum atomic E-state index is -0.166. The molecule has 1 aromatic heterocycles. The van der Waals surface area contributed by atoms with Gasteiger partial charge >= 0.3 is 0 Å². The molecule has 1 amide bonds. The summed E-state index contributed by atoms with van der Waals surface area (Å²) in [6, 6.07) is 9.91. The predicted octanol–water partition coefficient (Wildman–Crippen LogP) is 3.02. The molecule has 0 spiro atoms. The Morgan fingerprint density at radius 2 is 1.97 bits per heavy atom. The fourth-order valence-corrected chi connectivity index (χ4v) is 4.45. The van der Waals surface area contributed by atoms with Crippen molar-refractivity contribution in [3.63, 3.8) is 0 Å². The second kappa shape index (κ2) is 12.1. The molecule has 2 fully saturated rings. The van der Waals surface area contributed by atoms with Crippen molar-refractivity contribution in [2.75, 3.05) is 62.7 Å². The molecule has 0 aliphatic carbocycles. The maximum atomic E-state index is 12.9. The summed E-state index contributed by atoms with van der Waals surface area (Å²) in [4.78, 5) is 27.1. The SMILES string of the molecule is CC(C)CNc1nc(N2CCN(C[C@H]3CCCOC3)CC2)ncc1C(=O)NCc1ccccc1. The van der Waals surface area contributed by atoms with E-state index in [-0.39, 0.29) is 5.91 Å². The monoisotopic (exact) mass is 466 g/mol. The smallest absolute Gasteiger partial charge is 0.256 e. The van der Waals surface area contributed by atoms with Crippen LogP contribution in [0.1, 0.15) is 42.6 Å². The van der Waals surface area contributed by atoms with E-state index in [0.717, 1.165) is 58.0 Å². The van der Waals surface area contributed by atoms with E-state index >= 15 is 0 Å². The largest absolute Gasteiger partial charge is 0.381 e. The number of amides is 1. The third-order valence-electron chi connectivity index (χ3n) is 6.42. The number of aromatic nitrogens is 2. The lowest BCUT2D eigenvalue weighted by Crippen LogP contribution is -2.49. The second-order valence-corrected chi connectivity index (χ2v) is 9.75. The summed E-state index contributed by atoms with van der Waals surface area (Å²) in [6.07, 6.45) is 4.11. The van der Waals surface area contributed by atoms with Crippen LogP contribution in [0.3, 0.4) is 0 Å². The van der Waals surface area contributed by atoms with Crippen molar-refractivity contribution in [2.24, 2.45) is 11.8 Å². The molecule has 2 aliphatic rings. The number of piperazine rings is 1. The number of hydrogen-bond acceptors (Lipinski definition) is 7. The van der Waals surface area contributed by atoms with Gasteiger partial charge in [-0.2, -0.15) is 4.98 Å². The zero-order chi connectivity index (χ0) is 23.8. The van der Waals surface area contributed by atoms with Gasteiger partial charge in [0.05, 0.1) is 6.61 Å². The normalized spacial score (nSPS) is 19.3. The summed E-state index contributed by atoms with van der Waals surface area (Å²) in [6.45, 7) is 12.2. The second-order valence-electron chi connectivity index (χ2n) is 9.75. The number of rotatable bonds is 9. The topological polar surface area (TPSA) is 82.6 Å². The Labute approximate surface area is 203 Å². The quantitative estimate of drug-likeness (QED) is 0.588. The highest BCUT2D eigenvalue weighted by Gasteiger charge is 2.24. The number of carbonyl (C=O) groups excluding carboxylic acids is 1. The molecule has 0 radical (unpaired) electrons. The summed E-state index contributed by atoms with van der Waals surface area (Å²) >= 11 is 0. The van der Waals surface area contributed by atoms with Gasteiger partial charge in [-0.3, -0.25) is 9.69 Å². The van der Waals surface area contributed by atoms with Crippen molar-refractivity contribution in [3.05, 3.63) is 47.7 Å². The van der Waals surface area contributed by atoms with Gasteiger partial charge in [0, 0.05) is 58.6 Å². The van der Waals surface area contributed by atoms with Crippen molar-refractivity contribution in [1.29, 1.82) is 0 Å². The lowest BCUT2D eigenvalue weighted by Gasteiger charge is -2.37. The van der Waals surface area contributed by atoms with E-state index in [1.54, 1.807) is 6.20 Å². The van der Waals surface area contributed by atoms with E-state index in [0.29, 0.717) is 35.7 Å². The average molecular weight is 467 g/mol. The lowest BCUT2D eigenvalue weighted by atomic mass is 10.0. The fraction of sp³-hybridized carbons (Fsp3) is 0.577. The van der Waals surface area contributed by atoms with E-state index in [4.69, 9.17) is 9.72 Å². The maximum absolute atomic E-state index is 12.9. The molecule has 184 valence electrons. The summed E-state index contributed by atoms with van der Waals surface area (Å²) in [5.74, 6) is 2.21. The first-order valence-corrected chi connectivity index (χ1v) is 12.6. The summed E-state index contributed by atoms with van der Waals surface area (Å²) < 4.78 is 5.64. The van der Waals surface area contributed by atoms with Gasteiger partial charge in [0.15, 0.2) is 0 Å². The summed E-state index contributed by atoms with van der Waals surface area (Å²) in [5.41, 5.74) is 1.54. The molecule has 2 N–H and O–H groups in total. The van der Waals surface area contributed by atoms with Gasteiger partial charge in [0.25, 0.3) is 5.91 Å². The molecule has 1 atom stereocenters. The maximum Gasteiger partial charge on any atom is 0.256 e. The zero-order valence-corrected chi connectivity index (χ0v) is 20.5. The number of ether oxygens (including phenoxy) is 1. The molecule has 8 nitrogen and oxygen atoms in total. The van der Waals surface area contributed by atoms with Gasteiger partial charge < -0.3 is 20.3 Å². The van der Waals surface area contributed by atoms with Gasteiger partial charge in [0.1, 0.15) is 11.4 Å². The van der Waals surface area contributed by atoms with Crippen molar-refractivity contribution in [3.8, 4) is 0 Å². The molecule has 3 heterocycles. The average Bonchev–Trinajstić information content (AvgIpc) is 2.87. The van der Waals surface area contributed by atoms with Crippen LogP contribution in [0.2, 0.25) is 0 Å². The molecule has 0 bridgehead atoms. The molecule has 1 aromatic carbocycles. The van der Waals surface area contributed by atoms with Crippen molar-refractivity contribution < 1.29 is 9.53 Å². The molecule has 2 aromatic rings. The molecule has 8 heteroatoms. The van der Waals surface area contributed by atoms with Crippen molar-refractivity contribution in [2.45, 2.75) is 33.2 Å². The van der Waals surface area contributed by atoms with Gasteiger partial charge in [-0.05, 0) is 30.2 Å². The van der Waals surface area contributed by atoms with Crippen LogP contribution >= 0.6 is 0 Å². The Morgan fingerprint density at radius 3 is 2.68 bits per heavy atom. The van der Waals surface area contributed by atoms with E-state index in [1.165, 1.54) is 12.8 Å². The van der Waals surface area contributed by atoms with Crippen LogP contribution in [0.4, 0.5) is 11.8 Å². The minimum absolute atomic E-state index is 0.166. The number of carbonyl (C=O) groups is 1. The molecule has 4 rings (SSSR count). The Bertz CT molecular complexity index is 909. The Morgan fingerprint density at radius 1 is 1.18 bits per heavy atom. The van der Waals surface area contributed by atoms with Crippen LogP contribution < -0.4 is 15.5 Å². The fourth-order valence-electron chi connectivity index (χ4n) is 4.45. The Balaban J connectivity index is 1.38. The number of hydrogen-bond donors (Lipinski definition) is 2. The molecule has 2 aliphatic heterocycles. The molecular weight excluding hydrogens is 428 g/mol. The van der Waals surface area contributed by atoms with Crippen LogP contribution in [-0.4, -0.2) is 73.3 Å². The molecular formula is C26H38N6O2. The molecule has 34 heavy (non-hydrogen) atoms. The summed E-state index contributed by atoms with van der Waals surface area (Å²) in [7, 11) is 0. The number of anilines is 2. The number of nitrogens with zero attached hydrogens (tertiary/aromatic N) is 4. The Hall–Kier alpha value is -2.71. The predicted molar refractivity (Wildman–Crippen MR) is 135 cm³/mol. The van der Waals surface area contributed by atoms with E-state index in [1.807, 2.05) is 30.3 Å². The number of nitrogens with one attached hydrogen (secondary N) is 2. The van der Waals surface area contributed by atoms with Crippen LogP contribution in [0.15, 0.2) is 36.5 Å². The first kappa shape index (κ1) is 24.4. The van der Waals surface area contributed by atoms with Crippen LogP contribution in [0.5, 0.6) is 0 Å². The van der Waals surface area contributed by atoms with Crippen molar-refractivity contribution in [1.82, 2.24) is 20.2 Å². The zero-order valence-electron chi connectivity index (χ0n) is 20.5.